The Kier molecular flexibility index (Phi) is 3.55. The average molecular weight is 329 g/mol. The summed E-state index contributed by atoms with van der Waals surface area (Å²) >= 11 is 0. The molecule has 2 aliphatic carbocycles. The van der Waals surface area contributed by atoms with Gasteiger partial charge in [-0.3, -0.25) is 14.4 Å². The summed E-state index contributed by atoms with van der Waals surface area (Å²) in [6.45, 7) is 1.55. The van der Waals surface area contributed by atoms with Gasteiger partial charge in [0.15, 0.2) is 6.61 Å². The van der Waals surface area contributed by atoms with Crippen LogP contribution in [-0.2, 0) is 23.9 Å². The number of para-hydroxylation sites is 1. The lowest BCUT2D eigenvalue weighted by atomic mass is 9.80. The van der Waals surface area contributed by atoms with Crippen LogP contribution in [0, 0.1) is 30.6 Å². The molecule has 0 spiro atoms. The maximum absolute atomic E-state index is 12.4. The molecule has 5 atom stereocenters. The Morgan fingerprint density at radius 3 is 2.88 bits per heavy atom. The van der Waals surface area contributed by atoms with Crippen LogP contribution < -0.4 is 5.32 Å². The Bertz CT molecular complexity index is 713. The lowest BCUT2D eigenvalue weighted by molar-refractivity contribution is -0.157. The van der Waals surface area contributed by atoms with Gasteiger partial charge in [0, 0.05) is 11.6 Å². The van der Waals surface area contributed by atoms with Gasteiger partial charge in [0.2, 0.25) is 0 Å². The summed E-state index contributed by atoms with van der Waals surface area (Å²) in [7, 11) is 0. The van der Waals surface area contributed by atoms with Crippen molar-refractivity contribution in [2.24, 2.45) is 23.7 Å². The van der Waals surface area contributed by atoms with Crippen molar-refractivity contribution in [3.05, 3.63) is 29.8 Å². The Morgan fingerprint density at radius 2 is 2.08 bits per heavy atom. The van der Waals surface area contributed by atoms with Crippen LogP contribution in [0.1, 0.15) is 18.4 Å². The van der Waals surface area contributed by atoms with E-state index in [0.717, 1.165) is 18.4 Å². The molecule has 4 rings (SSSR count). The molecule has 1 aromatic carbocycles. The molecule has 1 aliphatic heterocycles. The Labute approximate surface area is 139 Å². The zero-order valence-electron chi connectivity index (χ0n) is 13.4. The van der Waals surface area contributed by atoms with E-state index in [2.05, 4.69) is 5.32 Å². The highest BCUT2D eigenvalue weighted by atomic mass is 16.6. The zero-order valence-corrected chi connectivity index (χ0v) is 13.4. The number of rotatable bonds is 4. The van der Waals surface area contributed by atoms with Gasteiger partial charge in [-0.2, -0.15) is 0 Å². The van der Waals surface area contributed by atoms with Crippen molar-refractivity contribution in [3.63, 3.8) is 0 Å². The van der Waals surface area contributed by atoms with E-state index >= 15 is 0 Å². The predicted molar refractivity (Wildman–Crippen MR) is 83.8 cm³/mol. The van der Waals surface area contributed by atoms with Gasteiger partial charge >= 0.3 is 11.9 Å². The number of hydrogen-bond donors (Lipinski definition) is 1. The summed E-state index contributed by atoms with van der Waals surface area (Å²) in [5.41, 5.74) is 1.63. The van der Waals surface area contributed by atoms with E-state index in [1.165, 1.54) is 0 Å². The molecule has 1 aromatic rings. The van der Waals surface area contributed by atoms with E-state index in [-0.39, 0.29) is 42.3 Å². The number of carbonyl (C=O) groups is 3. The number of amides is 1. The third kappa shape index (κ3) is 2.37. The van der Waals surface area contributed by atoms with Crippen LogP contribution in [0.15, 0.2) is 24.3 Å². The second-order valence-electron chi connectivity index (χ2n) is 6.89. The van der Waals surface area contributed by atoms with Gasteiger partial charge in [-0.05, 0) is 37.3 Å². The molecule has 3 aliphatic rings. The largest absolute Gasteiger partial charge is 0.462 e. The molecule has 0 aromatic heterocycles. The molecule has 1 saturated heterocycles. The van der Waals surface area contributed by atoms with Crippen molar-refractivity contribution in [1.29, 1.82) is 0 Å². The van der Waals surface area contributed by atoms with Crippen molar-refractivity contribution in [2.75, 3.05) is 11.9 Å². The fraction of sp³-hybridized carbons (Fsp3) is 0.500. The van der Waals surface area contributed by atoms with Crippen LogP contribution in [0.3, 0.4) is 0 Å². The Hall–Kier alpha value is -2.37. The summed E-state index contributed by atoms with van der Waals surface area (Å²) < 4.78 is 10.5. The van der Waals surface area contributed by atoms with Crippen molar-refractivity contribution < 1.29 is 23.9 Å². The van der Waals surface area contributed by atoms with Crippen molar-refractivity contribution in [3.8, 4) is 0 Å². The molecular weight excluding hydrogens is 310 g/mol. The van der Waals surface area contributed by atoms with Gasteiger partial charge in [0.05, 0.1) is 11.8 Å². The summed E-state index contributed by atoms with van der Waals surface area (Å²) in [5, 5.41) is 2.72. The van der Waals surface area contributed by atoms with Crippen LogP contribution in [0.25, 0.3) is 0 Å². The minimum absolute atomic E-state index is 0.0131. The van der Waals surface area contributed by atoms with E-state index in [9.17, 15) is 14.4 Å². The van der Waals surface area contributed by atoms with Crippen molar-refractivity contribution >= 4 is 23.5 Å². The maximum atomic E-state index is 12.4. The molecule has 2 bridgehead atoms. The number of aryl methyl sites for hydroxylation is 1. The topological polar surface area (TPSA) is 81.7 Å². The summed E-state index contributed by atoms with van der Waals surface area (Å²) in [4.78, 5) is 36.3. The number of hydrogen-bond acceptors (Lipinski definition) is 5. The average Bonchev–Trinajstić information content (AvgIpc) is 3.16. The van der Waals surface area contributed by atoms with E-state index in [1.54, 1.807) is 6.07 Å². The smallest absolute Gasteiger partial charge is 0.310 e. The first kappa shape index (κ1) is 15.2. The maximum Gasteiger partial charge on any atom is 0.310 e. The van der Waals surface area contributed by atoms with Crippen LogP contribution in [0.4, 0.5) is 5.69 Å². The minimum Gasteiger partial charge on any atom is -0.462 e. The monoisotopic (exact) mass is 329 g/mol. The summed E-state index contributed by atoms with van der Waals surface area (Å²) in [6, 6.07) is 7.39. The van der Waals surface area contributed by atoms with Gasteiger partial charge in [-0.15, -0.1) is 0 Å². The molecule has 3 fully saturated rings. The first-order chi connectivity index (χ1) is 11.5. The Morgan fingerprint density at radius 1 is 1.29 bits per heavy atom. The highest BCUT2D eigenvalue weighted by Crippen LogP contribution is 2.57. The van der Waals surface area contributed by atoms with Crippen LogP contribution in [0.2, 0.25) is 0 Å². The number of benzene rings is 1. The lowest BCUT2D eigenvalue weighted by Gasteiger charge is -2.22. The SMILES string of the molecule is Cc1ccccc1NC(=O)COC(=O)[C@@H]1[C@@H]2C[C@@H]3[C@H]1C(=O)O[C@H]3C2. The molecule has 1 heterocycles. The molecule has 126 valence electrons. The van der Waals surface area contributed by atoms with Gasteiger partial charge in [-0.25, -0.2) is 0 Å². The van der Waals surface area contributed by atoms with Gasteiger partial charge < -0.3 is 14.8 Å². The predicted octanol–water partition coefficient (Wildman–Crippen LogP) is 1.67. The molecule has 2 saturated carbocycles. The Balaban J connectivity index is 1.35. The molecular formula is C18H19NO5. The quantitative estimate of drug-likeness (QED) is 0.850. The van der Waals surface area contributed by atoms with Crippen LogP contribution in [-0.4, -0.2) is 30.6 Å². The van der Waals surface area contributed by atoms with Gasteiger partial charge in [0.1, 0.15) is 6.10 Å². The fourth-order valence-corrected chi connectivity index (χ4v) is 4.46. The van der Waals surface area contributed by atoms with Crippen molar-refractivity contribution in [1.82, 2.24) is 0 Å². The fourth-order valence-electron chi connectivity index (χ4n) is 4.46. The highest BCUT2D eigenvalue weighted by molar-refractivity contribution is 5.94. The van der Waals surface area contributed by atoms with E-state index < -0.39 is 11.9 Å². The van der Waals surface area contributed by atoms with Crippen molar-refractivity contribution in [2.45, 2.75) is 25.9 Å². The van der Waals surface area contributed by atoms with Crippen LogP contribution >= 0.6 is 0 Å². The minimum atomic E-state index is -0.454. The number of anilines is 1. The van der Waals surface area contributed by atoms with Gasteiger partial charge in [0.25, 0.3) is 5.91 Å². The zero-order chi connectivity index (χ0) is 16.8. The molecule has 6 nitrogen and oxygen atoms in total. The third-order valence-electron chi connectivity index (χ3n) is 5.52. The van der Waals surface area contributed by atoms with Crippen LogP contribution in [0.5, 0.6) is 0 Å². The lowest BCUT2D eigenvalue weighted by Crippen LogP contribution is -2.35. The number of ether oxygens (including phenoxy) is 2. The molecule has 1 N–H and O–H groups in total. The second kappa shape index (κ2) is 5.61. The summed E-state index contributed by atoms with van der Waals surface area (Å²) in [5.74, 6) is -1.65. The van der Waals surface area contributed by atoms with E-state index in [4.69, 9.17) is 9.47 Å². The number of nitrogens with one attached hydrogen (secondary N) is 1. The molecule has 1 amide bonds. The van der Waals surface area contributed by atoms with Gasteiger partial charge in [-0.1, -0.05) is 18.2 Å². The molecule has 0 unspecified atom stereocenters. The second-order valence-corrected chi connectivity index (χ2v) is 6.89. The number of fused-ring (bicyclic) bond motifs is 1. The normalized spacial score (nSPS) is 32.5. The highest BCUT2D eigenvalue weighted by Gasteiger charge is 2.64. The molecule has 24 heavy (non-hydrogen) atoms. The standard InChI is InChI=1S/C18H19NO5/c1-9-4-2-3-5-12(9)19-14(20)8-23-17(21)15-10-6-11-13(7-10)24-18(22)16(11)15/h2-5,10-11,13,15-16H,6-8H2,1H3,(H,19,20)/t10-,11+,13+,15-,16-/m1/s1. The van der Waals surface area contributed by atoms with E-state index in [0.29, 0.717) is 5.69 Å². The molecule has 6 heteroatoms. The summed E-state index contributed by atoms with van der Waals surface area (Å²) in [6.07, 6.45) is 1.57. The third-order valence-corrected chi connectivity index (χ3v) is 5.52. The number of esters is 2. The molecule has 0 radical (unpaired) electrons. The number of carbonyl (C=O) groups excluding carboxylic acids is 3. The van der Waals surface area contributed by atoms with E-state index in [1.807, 2.05) is 25.1 Å². The first-order valence-electron chi connectivity index (χ1n) is 8.27. The first-order valence-corrected chi connectivity index (χ1v) is 8.27.